The van der Waals surface area contributed by atoms with Crippen LogP contribution >= 0.6 is 11.8 Å². The number of benzene rings is 3. The van der Waals surface area contributed by atoms with Crippen molar-refractivity contribution in [2.45, 2.75) is 63.8 Å². The average molecular weight is 648 g/mol. The number of pyridine rings is 2. The van der Waals surface area contributed by atoms with E-state index in [0.29, 0.717) is 24.2 Å². The minimum atomic E-state index is -0.979. The zero-order chi connectivity index (χ0) is 33.3. The fourth-order valence-corrected chi connectivity index (χ4v) is 6.80. The summed E-state index contributed by atoms with van der Waals surface area (Å²) in [5.41, 5.74) is 5.73. The molecule has 8 heteroatoms. The molecule has 0 bridgehead atoms. The molecule has 47 heavy (non-hydrogen) atoms. The third kappa shape index (κ3) is 7.33. The SMILES string of the molecule is CC(C)(C)Sc1c(CC(C)(C)C(=O)O)n(Cc2ccc(-c3cccnc3)cc2)c2ccc(OCc3ccc4cc(F)ccc4n3)cc12. The number of thioether (sulfide) groups is 1. The van der Waals surface area contributed by atoms with E-state index in [1.165, 1.54) is 12.1 Å². The van der Waals surface area contributed by atoms with Gasteiger partial charge in [0.25, 0.3) is 0 Å². The molecule has 240 valence electrons. The summed E-state index contributed by atoms with van der Waals surface area (Å²) >= 11 is 1.75. The van der Waals surface area contributed by atoms with Crippen LogP contribution in [0.5, 0.6) is 5.75 Å². The third-order valence-electron chi connectivity index (χ3n) is 8.07. The minimum absolute atomic E-state index is 0.127. The van der Waals surface area contributed by atoms with E-state index in [4.69, 9.17) is 4.74 Å². The molecule has 6 aromatic rings. The fraction of sp³-hybridized carbons (Fsp3) is 0.256. The van der Waals surface area contributed by atoms with Crippen LogP contribution in [0.1, 0.15) is 51.6 Å². The van der Waals surface area contributed by atoms with Crippen LogP contribution < -0.4 is 4.74 Å². The molecule has 3 aromatic heterocycles. The lowest BCUT2D eigenvalue weighted by atomic mass is 9.88. The summed E-state index contributed by atoms with van der Waals surface area (Å²) in [6.07, 6.45) is 3.98. The average Bonchev–Trinajstić information content (AvgIpc) is 3.29. The van der Waals surface area contributed by atoms with Crippen molar-refractivity contribution in [1.82, 2.24) is 14.5 Å². The van der Waals surface area contributed by atoms with Gasteiger partial charge in [-0.15, -0.1) is 11.8 Å². The highest BCUT2D eigenvalue weighted by Crippen LogP contribution is 2.44. The second-order valence-corrected chi connectivity index (χ2v) is 15.3. The van der Waals surface area contributed by atoms with Gasteiger partial charge in [0, 0.05) is 57.0 Å². The molecule has 0 radical (unpaired) electrons. The summed E-state index contributed by atoms with van der Waals surface area (Å²) in [5.74, 6) is -0.437. The van der Waals surface area contributed by atoms with Crippen LogP contribution in [0.4, 0.5) is 4.39 Å². The fourth-order valence-electron chi connectivity index (χ4n) is 5.61. The van der Waals surface area contributed by atoms with Gasteiger partial charge >= 0.3 is 5.97 Å². The zero-order valence-corrected chi connectivity index (χ0v) is 28.1. The predicted molar refractivity (Wildman–Crippen MR) is 187 cm³/mol. The Morgan fingerprint density at radius 2 is 1.72 bits per heavy atom. The van der Waals surface area contributed by atoms with Crippen LogP contribution in [-0.4, -0.2) is 30.4 Å². The molecule has 6 nitrogen and oxygen atoms in total. The van der Waals surface area contributed by atoms with Gasteiger partial charge in [-0.1, -0.05) is 57.2 Å². The van der Waals surface area contributed by atoms with Crippen molar-refractivity contribution >= 4 is 39.5 Å². The van der Waals surface area contributed by atoms with Crippen LogP contribution in [-0.2, 0) is 24.4 Å². The second-order valence-electron chi connectivity index (χ2n) is 13.5. The van der Waals surface area contributed by atoms with Gasteiger partial charge in [0.1, 0.15) is 18.2 Å². The lowest BCUT2D eigenvalue weighted by Crippen LogP contribution is -2.28. The maximum Gasteiger partial charge on any atom is 0.309 e. The Balaban J connectivity index is 1.39. The van der Waals surface area contributed by atoms with Gasteiger partial charge in [-0.2, -0.15) is 0 Å². The molecule has 3 heterocycles. The maximum atomic E-state index is 13.6. The summed E-state index contributed by atoms with van der Waals surface area (Å²) in [7, 11) is 0. The van der Waals surface area contributed by atoms with E-state index >= 15 is 0 Å². The van der Waals surface area contributed by atoms with Gasteiger partial charge in [-0.25, -0.2) is 9.37 Å². The van der Waals surface area contributed by atoms with Gasteiger partial charge in [0.05, 0.1) is 16.6 Å². The summed E-state index contributed by atoms with van der Waals surface area (Å²) in [5, 5.41) is 11.9. The Labute approximate surface area is 278 Å². The number of aliphatic carboxylic acids is 1. The minimum Gasteiger partial charge on any atom is -0.487 e. The molecule has 3 aromatic carbocycles. The highest BCUT2D eigenvalue weighted by atomic mass is 32.2. The monoisotopic (exact) mass is 647 g/mol. The van der Waals surface area contributed by atoms with Crippen molar-refractivity contribution in [3.8, 4) is 16.9 Å². The third-order valence-corrected chi connectivity index (χ3v) is 9.35. The highest BCUT2D eigenvalue weighted by Gasteiger charge is 2.33. The smallest absolute Gasteiger partial charge is 0.309 e. The Morgan fingerprint density at radius 3 is 2.43 bits per heavy atom. The number of carbonyl (C=O) groups is 1. The van der Waals surface area contributed by atoms with Crippen LogP contribution in [0.25, 0.3) is 32.9 Å². The predicted octanol–water partition coefficient (Wildman–Crippen LogP) is 9.56. The molecule has 0 aliphatic carbocycles. The number of nitrogens with zero attached hydrogens (tertiary/aromatic N) is 3. The van der Waals surface area contributed by atoms with Crippen molar-refractivity contribution in [2.24, 2.45) is 5.41 Å². The molecule has 1 N–H and O–H groups in total. The molecule has 0 saturated heterocycles. The Hall–Kier alpha value is -4.69. The van der Waals surface area contributed by atoms with Gasteiger partial charge in [0.2, 0.25) is 0 Å². The molecule has 0 aliphatic heterocycles. The number of aromatic nitrogens is 3. The van der Waals surface area contributed by atoms with Gasteiger partial charge in [-0.05, 0) is 79.1 Å². The molecule has 0 aliphatic rings. The first-order chi connectivity index (χ1) is 22.4. The van der Waals surface area contributed by atoms with Crippen LogP contribution in [0.3, 0.4) is 0 Å². The van der Waals surface area contributed by atoms with Crippen molar-refractivity contribution in [3.05, 3.63) is 120 Å². The molecule has 6 rings (SSSR count). The van der Waals surface area contributed by atoms with Crippen LogP contribution in [0.15, 0.2) is 102 Å². The number of carboxylic acid groups (broad SMARTS) is 1. The zero-order valence-electron chi connectivity index (χ0n) is 27.3. The Bertz CT molecular complexity index is 2070. The lowest BCUT2D eigenvalue weighted by Gasteiger charge is -2.24. The second kappa shape index (κ2) is 12.8. The summed E-state index contributed by atoms with van der Waals surface area (Å²) in [4.78, 5) is 22.3. The number of fused-ring (bicyclic) bond motifs is 2. The number of hydrogen-bond acceptors (Lipinski definition) is 5. The topological polar surface area (TPSA) is 77.2 Å². The van der Waals surface area contributed by atoms with E-state index in [1.807, 2.05) is 36.5 Å². The van der Waals surface area contributed by atoms with E-state index in [0.717, 1.165) is 49.3 Å². The largest absolute Gasteiger partial charge is 0.487 e. The number of hydrogen-bond donors (Lipinski definition) is 1. The van der Waals surface area contributed by atoms with E-state index < -0.39 is 11.4 Å². The quantitative estimate of drug-likeness (QED) is 0.149. The Kier molecular flexibility index (Phi) is 8.81. The Morgan fingerprint density at radius 1 is 0.936 bits per heavy atom. The molecular formula is C39H38FN3O3S. The van der Waals surface area contributed by atoms with Gasteiger partial charge < -0.3 is 14.4 Å². The number of ether oxygens (including phenoxy) is 1. The molecule has 0 spiro atoms. The normalized spacial score (nSPS) is 12.1. The van der Waals surface area contributed by atoms with Gasteiger partial charge in [0.15, 0.2) is 0 Å². The van der Waals surface area contributed by atoms with Crippen molar-refractivity contribution < 1.29 is 19.0 Å². The molecule has 0 fully saturated rings. The van der Waals surface area contributed by atoms with Crippen molar-refractivity contribution in [1.29, 1.82) is 0 Å². The summed E-state index contributed by atoms with van der Waals surface area (Å²) in [6, 6.07) is 26.8. The number of carboxylic acids is 1. The molecule has 0 unspecified atom stereocenters. The van der Waals surface area contributed by atoms with Crippen molar-refractivity contribution in [3.63, 3.8) is 0 Å². The van der Waals surface area contributed by atoms with Crippen molar-refractivity contribution in [2.75, 3.05) is 0 Å². The molecule has 0 amide bonds. The first kappa shape index (κ1) is 32.3. The highest BCUT2D eigenvalue weighted by molar-refractivity contribution is 8.00. The molecule has 0 saturated carbocycles. The maximum absolute atomic E-state index is 13.6. The first-order valence-electron chi connectivity index (χ1n) is 15.6. The standard InChI is InChI=1S/C39H38FN3O3S/c1-38(2,3)47-36-32-20-31(46-24-30-14-12-27-19-29(40)13-16-33(27)42-30)15-17-34(32)43(35(36)21-39(4,5)37(44)45)23-25-8-10-26(11-9-25)28-7-6-18-41-22-28/h6-20,22H,21,23-24H2,1-5H3,(H,44,45). The lowest BCUT2D eigenvalue weighted by molar-refractivity contribution is -0.146. The van der Waals surface area contributed by atoms with Crippen LogP contribution in [0, 0.1) is 11.2 Å². The van der Waals surface area contributed by atoms with E-state index in [1.54, 1.807) is 37.9 Å². The van der Waals surface area contributed by atoms with E-state index in [2.05, 4.69) is 71.7 Å². The summed E-state index contributed by atoms with van der Waals surface area (Å²) in [6.45, 7) is 10.9. The molecule has 0 atom stereocenters. The first-order valence-corrected chi connectivity index (χ1v) is 16.4. The number of halogens is 1. The number of rotatable bonds is 10. The van der Waals surface area contributed by atoms with E-state index in [9.17, 15) is 14.3 Å². The molecular weight excluding hydrogens is 610 g/mol. The summed E-state index contributed by atoms with van der Waals surface area (Å²) < 4.78 is 22.0. The van der Waals surface area contributed by atoms with Gasteiger partial charge in [-0.3, -0.25) is 9.78 Å². The van der Waals surface area contributed by atoms with E-state index in [-0.39, 0.29) is 17.2 Å². The van der Waals surface area contributed by atoms with Crippen LogP contribution in [0.2, 0.25) is 0 Å².